The van der Waals surface area contributed by atoms with Crippen molar-refractivity contribution in [1.82, 2.24) is 4.31 Å². The summed E-state index contributed by atoms with van der Waals surface area (Å²) in [6, 6.07) is 6.67. The quantitative estimate of drug-likeness (QED) is 0.666. The van der Waals surface area contributed by atoms with E-state index >= 15 is 0 Å². The molecule has 0 unspecified atom stereocenters. The number of nitrogens with one attached hydrogen (secondary N) is 1. The molecule has 1 fully saturated rings. The van der Waals surface area contributed by atoms with Crippen molar-refractivity contribution in [3.8, 4) is 0 Å². The zero-order valence-electron chi connectivity index (χ0n) is 15.6. The number of methoxy groups -OCH3 is 1. The van der Waals surface area contributed by atoms with E-state index in [9.17, 15) is 18.0 Å². The first-order chi connectivity index (χ1) is 12.9. The van der Waals surface area contributed by atoms with Gasteiger partial charge >= 0.3 is 5.97 Å². The van der Waals surface area contributed by atoms with Gasteiger partial charge < -0.3 is 14.8 Å². The van der Waals surface area contributed by atoms with E-state index in [0.29, 0.717) is 37.2 Å². The van der Waals surface area contributed by atoms with Gasteiger partial charge in [0.05, 0.1) is 30.2 Å². The number of rotatable bonds is 8. The largest absolute Gasteiger partial charge is 0.462 e. The van der Waals surface area contributed by atoms with Crippen LogP contribution in [-0.4, -0.2) is 63.8 Å². The SMILES string of the molecule is CCOC(=O)c1ccccc1NC(=O)C1CCN(S(=O)(=O)CCOC)CC1. The summed E-state index contributed by atoms with van der Waals surface area (Å²) in [4.78, 5) is 24.6. The lowest BCUT2D eigenvalue weighted by Gasteiger charge is -2.30. The van der Waals surface area contributed by atoms with Gasteiger partial charge in [-0.25, -0.2) is 17.5 Å². The molecule has 0 bridgehead atoms. The van der Waals surface area contributed by atoms with Gasteiger partial charge in [-0.3, -0.25) is 4.79 Å². The van der Waals surface area contributed by atoms with Crippen LogP contribution in [0.4, 0.5) is 5.69 Å². The highest BCUT2D eigenvalue weighted by molar-refractivity contribution is 7.89. The maximum Gasteiger partial charge on any atom is 0.340 e. The number of hydrogen-bond acceptors (Lipinski definition) is 6. The number of anilines is 1. The molecule has 1 aromatic rings. The molecule has 0 spiro atoms. The Labute approximate surface area is 159 Å². The molecular formula is C18H26N2O6S. The minimum absolute atomic E-state index is 0.0622. The standard InChI is InChI=1S/C18H26N2O6S/c1-3-26-18(22)15-6-4-5-7-16(15)19-17(21)14-8-10-20(11-9-14)27(23,24)13-12-25-2/h4-7,14H,3,8-13H2,1-2H3,(H,19,21). The minimum atomic E-state index is -3.36. The van der Waals surface area contributed by atoms with Crippen molar-refractivity contribution < 1.29 is 27.5 Å². The molecule has 0 aliphatic carbocycles. The molecule has 8 nitrogen and oxygen atoms in total. The molecule has 1 aliphatic heterocycles. The van der Waals surface area contributed by atoms with Gasteiger partial charge in [0.2, 0.25) is 15.9 Å². The van der Waals surface area contributed by atoms with Crippen molar-refractivity contribution in [1.29, 1.82) is 0 Å². The number of amides is 1. The molecule has 27 heavy (non-hydrogen) atoms. The number of nitrogens with zero attached hydrogens (tertiary/aromatic N) is 1. The van der Waals surface area contributed by atoms with E-state index in [4.69, 9.17) is 9.47 Å². The Morgan fingerprint density at radius 2 is 1.89 bits per heavy atom. The third-order valence-corrected chi connectivity index (χ3v) is 6.28. The van der Waals surface area contributed by atoms with E-state index < -0.39 is 16.0 Å². The van der Waals surface area contributed by atoms with E-state index in [-0.39, 0.29) is 30.8 Å². The van der Waals surface area contributed by atoms with Gasteiger partial charge in [-0.1, -0.05) is 12.1 Å². The van der Waals surface area contributed by atoms with Crippen molar-refractivity contribution in [3.05, 3.63) is 29.8 Å². The average Bonchev–Trinajstić information content (AvgIpc) is 2.67. The second kappa shape index (κ2) is 9.82. The third-order valence-electron chi connectivity index (χ3n) is 4.44. The molecule has 1 aliphatic rings. The second-order valence-corrected chi connectivity index (χ2v) is 8.33. The van der Waals surface area contributed by atoms with Crippen LogP contribution in [0.3, 0.4) is 0 Å². The number of esters is 1. The van der Waals surface area contributed by atoms with Crippen LogP contribution in [0.1, 0.15) is 30.1 Å². The highest BCUT2D eigenvalue weighted by Gasteiger charge is 2.31. The summed E-state index contributed by atoms with van der Waals surface area (Å²) in [7, 11) is -1.90. The number of carbonyl (C=O) groups is 2. The van der Waals surface area contributed by atoms with Crippen LogP contribution < -0.4 is 5.32 Å². The third kappa shape index (κ3) is 5.75. The van der Waals surface area contributed by atoms with Gasteiger partial charge in [0.15, 0.2) is 0 Å². The topological polar surface area (TPSA) is 102 Å². The first-order valence-corrected chi connectivity index (χ1v) is 10.5. The monoisotopic (exact) mass is 398 g/mol. The molecule has 0 radical (unpaired) electrons. The molecule has 2 rings (SSSR count). The first kappa shape index (κ1) is 21.3. The van der Waals surface area contributed by atoms with Crippen molar-refractivity contribution in [3.63, 3.8) is 0 Å². The first-order valence-electron chi connectivity index (χ1n) is 8.92. The smallest absolute Gasteiger partial charge is 0.340 e. The fraction of sp³-hybridized carbons (Fsp3) is 0.556. The number of ether oxygens (including phenoxy) is 2. The number of benzene rings is 1. The Morgan fingerprint density at radius 3 is 2.52 bits per heavy atom. The number of hydrogen-bond donors (Lipinski definition) is 1. The summed E-state index contributed by atoms with van der Waals surface area (Å²) >= 11 is 0. The number of sulfonamides is 1. The van der Waals surface area contributed by atoms with Gasteiger partial charge in [0, 0.05) is 26.1 Å². The summed E-state index contributed by atoms with van der Waals surface area (Å²) in [5.74, 6) is -1.09. The Balaban J connectivity index is 1.97. The van der Waals surface area contributed by atoms with E-state index in [1.165, 1.54) is 11.4 Å². The predicted molar refractivity (Wildman–Crippen MR) is 101 cm³/mol. The lowest BCUT2D eigenvalue weighted by molar-refractivity contribution is -0.120. The fourth-order valence-electron chi connectivity index (χ4n) is 2.93. The summed E-state index contributed by atoms with van der Waals surface area (Å²) in [5, 5.41) is 2.78. The number of piperidine rings is 1. The molecule has 0 atom stereocenters. The zero-order valence-corrected chi connectivity index (χ0v) is 16.5. The molecule has 0 saturated carbocycles. The molecule has 0 aromatic heterocycles. The second-order valence-electron chi connectivity index (χ2n) is 6.24. The Hall–Kier alpha value is -1.97. The van der Waals surface area contributed by atoms with Crippen LogP contribution >= 0.6 is 0 Å². The molecule has 1 saturated heterocycles. The van der Waals surface area contributed by atoms with Crippen molar-refractivity contribution in [2.24, 2.45) is 5.92 Å². The maximum atomic E-state index is 12.6. The molecular weight excluding hydrogens is 372 g/mol. The normalized spacial score (nSPS) is 16.1. The number of para-hydroxylation sites is 1. The lowest BCUT2D eigenvalue weighted by Crippen LogP contribution is -2.42. The van der Waals surface area contributed by atoms with Crippen LogP contribution in [0, 0.1) is 5.92 Å². The molecule has 1 aromatic carbocycles. The zero-order chi connectivity index (χ0) is 19.9. The molecule has 1 N–H and O–H groups in total. The lowest BCUT2D eigenvalue weighted by atomic mass is 9.97. The van der Waals surface area contributed by atoms with Crippen molar-refractivity contribution in [2.45, 2.75) is 19.8 Å². The van der Waals surface area contributed by atoms with E-state index in [1.54, 1.807) is 31.2 Å². The van der Waals surface area contributed by atoms with Crippen LogP contribution in [0.5, 0.6) is 0 Å². The van der Waals surface area contributed by atoms with Gasteiger partial charge in [0.1, 0.15) is 0 Å². The van der Waals surface area contributed by atoms with Crippen molar-refractivity contribution in [2.75, 3.05) is 44.5 Å². The minimum Gasteiger partial charge on any atom is -0.462 e. The van der Waals surface area contributed by atoms with E-state index in [0.717, 1.165) is 0 Å². The Morgan fingerprint density at radius 1 is 1.22 bits per heavy atom. The summed E-state index contributed by atoms with van der Waals surface area (Å²) in [6.45, 7) is 2.70. The van der Waals surface area contributed by atoms with Crippen LogP contribution in [0.15, 0.2) is 24.3 Å². The molecule has 9 heteroatoms. The van der Waals surface area contributed by atoms with Gasteiger partial charge in [-0.2, -0.15) is 0 Å². The fourth-order valence-corrected chi connectivity index (χ4v) is 4.33. The van der Waals surface area contributed by atoms with Crippen LogP contribution in [0.25, 0.3) is 0 Å². The van der Waals surface area contributed by atoms with E-state index in [2.05, 4.69) is 5.32 Å². The van der Waals surface area contributed by atoms with Gasteiger partial charge in [0.25, 0.3) is 0 Å². The molecule has 150 valence electrons. The van der Waals surface area contributed by atoms with Gasteiger partial charge in [-0.05, 0) is 31.9 Å². The Bertz CT molecular complexity index is 757. The summed E-state index contributed by atoms with van der Waals surface area (Å²) in [5.41, 5.74) is 0.698. The van der Waals surface area contributed by atoms with E-state index in [1.807, 2.05) is 0 Å². The highest BCUT2D eigenvalue weighted by atomic mass is 32.2. The number of carbonyl (C=O) groups excluding carboxylic acids is 2. The Kier molecular flexibility index (Phi) is 7.76. The maximum absolute atomic E-state index is 12.6. The highest BCUT2D eigenvalue weighted by Crippen LogP contribution is 2.23. The van der Waals surface area contributed by atoms with Gasteiger partial charge in [-0.15, -0.1) is 0 Å². The molecule has 1 heterocycles. The van der Waals surface area contributed by atoms with Crippen LogP contribution in [0.2, 0.25) is 0 Å². The van der Waals surface area contributed by atoms with Crippen LogP contribution in [-0.2, 0) is 24.3 Å². The average molecular weight is 398 g/mol. The summed E-state index contributed by atoms with van der Waals surface area (Å²) < 4.78 is 35.6. The molecule has 1 amide bonds. The summed E-state index contributed by atoms with van der Waals surface area (Å²) in [6.07, 6.45) is 0.860. The predicted octanol–water partition coefficient (Wildman–Crippen LogP) is 1.49. The van der Waals surface area contributed by atoms with Crippen molar-refractivity contribution >= 4 is 27.6 Å².